The average Bonchev–Trinajstić information content (AvgIpc) is 2.45. The Bertz CT molecular complexity index is 520. The topological polar surface area (TPSA) is 87.6 Å². The fourth-order valence-electron chi connectivity index (χ4n) is 2.54. The van der Waals surface area contributed by atoms with Gasteiger partial charge in [0.15, 0.2) is 0 Å². The first-order valence-corrected chi connectivity index (χ1v) is 6.67. The molecular weight excluding hydrogens is 260 g/mol. The van der Waals surface area contributed by atoms with Gasteiger partial charge in [0.25, 0.3) is 0 Å². The molecule has 0 bridgehead atoms. The van der Waals surface area contributed by atoms with E-state index in [1.807, 2.05) is 0 Å². The Morgan fingerprint density at radius 1 is 1.55 bits per heavy atom. The fourth-order valence-corrected chi connectivity index (χ4v) is 2.54. The fraction of sp³-hybridized carbons (Fsp3) is 0.571. The van der Waals surface area contributed by atoms with Gasteiger partial charge in [-0.2, -0.15) is 0 Å². The summed E-state index contributed by atoms with van der Waals surface area (Å²) in [5.74, 6) is 0.776. The van der Waals surface area contributed by atoms with Crippen molar-refractivity contribution in [2.45, 2.75) is 38.8 Å². The number of hydrogen-bond donors (Lipinski definition) is 1. The lowest BCUT2D eigenvalue weighted by molar-refractivity contribution is -0.386. The molecule has 1 fully saturated rings. The number of nitro benzene ring substituents is 1. The maximum Gasteiger partial charge on any atom is 0.311 e. The minimum absolute atomic E-state index is 0.0512. The molecule has 1 saturated carbocycles. The maximum absolute atomic E-state index is 11.1. The first-order chi connectivity index (χ1) is 9.42. The van der Waals surface area contributed by atoms with Crippen LogP contribution in [-0.2, 0) is 0 Å². The summed E-state index contributed by atoms with van der Waals surface area (Å²) in [6.07, 6.45) is 1.48. The van der Waals surface area contributed by atoms with E-state index < -0.39 is 4.92 Å². The van der Waals surface area contributed by atoms with Crippen LogP contribution in [0.5, 0.6) is 11.5 Å². The lowest BCUT2D eigenvalue weighted by Gasteiger charge is -2.51. The zero-order valence-electron chi connectivity index (χ0n) is 12.0. The molecule has 0 spiro atoms. The average molecular weight is 280 g/mol. The van der Waals surface area contributed by atoms with Crippen LogP contribution in [0.1, 0.15) is 26.7 Å². The van der Waals surface area contributed by atoms with Crippen molar-refractivity contribution >= 4 is 5.69 Å². The van der Waals surface area contributed by atoms with Gasteiger partial charge in [-0.3, -0.25) is 10.1 Å². The predicted molar refractivity (Wildman–Crippen MR) is 75.1 cm³/mol. The van der Waals surface area contributed by atoms with Gasteiger partial charge in [0.05, 0.1) is 12.0 Å². The molecule has 0 saturated heterocycles. The molecule has 0 heterocycles. The SMILES string of the molecule is CCC1(C)C(N)CC1Oc1cc(OC)ccc1[N+](=O)[O-]. The number of hydrogen-bond acceptors (Lipinski definition) is 5. The predicted octanol–water partition coefficient (Wildman–Crippen LogP) is 2.50. The molecule has 0 aliphatic heterocycles. The summed E-state index contributed by atoms with van der Waals surface area (Å²) < 4.78 is 11.0. The molecule has 6 nitrogen and oxygen atoms in total. The van der Waals surface area contributed by atoms with E-state index in [4.69, 9.17) is 15.2 Å². The zero-order chi connectivity index (χ0) is 14.9. The van der Waals surface area contributed by atoms with Gasteiger partial charge in [0.2, 0.25) is 5.75 Å². The van der Waals surface area contributed by atoms with E-state index in [0.717, 1.165) is 6.42 Å². The molecule has 0 aromatic heterocycles. The number of rotatable bonds is 5. The van der Waals surface area contributed by atoms with Crippen molar-refractivity contribution in [2.75, 3.05) is 7.11 Å². The highest BCUT2D eigenvalue weighted by atomic mass is 16.6. The third kappa shape index (κ3) is 2.31. The second kappa shape index (κ2) is 5.28. The lowest BCUT2D eigenvalue weighted by Crippen LogP contribution is -2.61. The minimum Gasteiger partial charge on any atom is -0.497 e. The van der Waals surface area contributed by atoms with Gasteiger partial charge in [-0.15, -0.1) is 0 Å². The van der Waals surface area contributed by atoms with Crippen LogP contribution in [0.2, 0.25) is 0 Å². The molecule has 1 aromatic carbocycles. The Hall–Kier alpha value is -1.82. The Balaban J connectivity index is 2.26. The van der Waals surface area contributed by atoms with Crippen molar-refractivity contribution in [3.05, 3.63) is 28.3 Å². The quantitative estimate of drug-likeness (QED) is 0.661. The minimum atomic E-state index is -0.448. The molecule has 1 aromatic rings. The largest absolute Gasteiger partial charge is 0.497 e. The third-order valence-electron chi connectivity index (χ3n) is 4.45. The number of nitrogens with zero attached hydrogens (tertiary/aromatic N) is 1. The van der Waals surface area contributed by atoms with E-state index in [1.165, 1.54) is 13.2 Å². The number of nitro groups is 1. The summed E-state index contributed by atoms with van der Waals surface area (Å²) in [6.45, 7) is 4.10. The number of nitrogens with two attached hydrogens (primary N) is 1. The number of methoxy groups -OCH3 is 1. The van der Waals surface area contributed by atoms with Crippen LogP contribution >= 0.6 is 0 Å². The molecular formula is C14H20N2O4. The van der Waals surface area contributed by atoms with E-state index in [2.05, 4.69) is 13.8 Å². The van der Waals surface area contributed by atoms with Crippen LogP contribution in [0.15, 0.2) is 18.2 Å². The van der Waals surface area contributed by atoms with Gasteiger partial charge in [-0.1, -0.05) is 13.8 Å². The van der Waals surface area contributed by atoms with Crippen molar-refractivity contribution in [1.82, 2.24) is 0 Å². The Morgan fingerprint density at radius 3 is 2.75 bits per heavy atom. The van der Waals surface area contributed by atoms with Crippen molar-refractivity contribution in [1.29, 1.82) is 0 Å². The van der Waals surface area contributed by atoms with Crippen LogP contribution < -0.4 is 15.2 Å². The normalized spacial score (nSPS) is 28.6. The smallest absolute Gasteiger partial charge is 0.311 e. The molecule has 110 valence electrons. The summed E-state index contributed by atoms with van der Waals surface area (Å²) in [5.41, 5.74) is 5.83. The number of benzene rings is 1. The van der Waals surface area contributed by atoms with E-state index >= 15 is 0 Å². The lowest BCUT2D eigenvalue weighted by atomic mass is 9.62. The van der Waals surface area contributed by atoms with Crippen molar-refractivity contribution in [2.24, 2.45) is 11.1 Å². The molecule has 20 heavy (non-hydrogen) atoms. The highest BCUT2D eigenvalue weighted by Crippen LogP contribution is 2.46. The molecule has 6 heteroatoms. The molecule has 1 aliphatic carbocycles. The highest BCUT2D eigenvalue weighted by Gasteiger charge is 2.50. The van der Waals surface area contributed by atoms with Crippen molar-refractivity contribution in [3.63, 3.8) is 0 Å². The van der Waals surface area contributed by atoms with Gasteiger partial charge in [-0.25, -0.2) is 0 Å². The molecule has 0 amide bonds. The summed E-state index contributed by atoms with van der Waals surface area (Å²) in [4.78, 5) is 10.6. The van der Waals surface area contributed by atoms with Gasteiger partial charge >= 0.3 is 5.69 Å². The Kier molecular flexibility index (Phi) is 3.85. The van der Waals surface area contributed by atoms with Gasteiger partial charge in [0, 0.05) is 30.0 Å². The standard InChI is InChI=1S/C14H20N2O4/c1-4-14(2)12(15)8-13(14)20-11-7-9(19-3)5-6-10(11)16(17)18/h5-7,12-13H,4,8,15H2,1-3H3. The van der Waals surface area contributed by atoms with Crippen LogP contribution in [0, 0.1) is 15.5 Å². The second-order valence-corrected chi connectivity index (χ2v) is 5.40. The first kappa shape index (κ1) is 14.6. The van der Waals surface area contributed by atoms with E-state index in [1.54, 1.807) is 12.1 Å². The van der Waals surface area contributed by atoms with Gasteiger partial charge < -0.3 is 15.2 Å². The number of ether oxygens (including phenoxy) is 2. The van der Waals surface area contributed by atoms with Crippen molar-refractivity contribution < 1.29 is 14.4 Å². The molecule has 0 radical (unpaired) electrons. The van der Waals surface area contributed by atoms with Crippen molar-refractivity contribution in [3.8, 4) is 11.5 Å². The van der Waals surface area contributed by atoms with E-state index in [0.29, 0.717) is 12.2 Å². The molecule has 1 aliphatic rings. The molecule has 3 atom stereocenters. The van der Waals surface area contributed by atoms with Crippen LogP contribution in [0.4, 0.5) is 5.69 Å². The summed E-state index contributed by atoms with van der Waals surface area (Å²) in [6, 6.07) is 4.58. The van der Waals surface area contributed by atoms with Crippen LogP contribution in [0.25, 0.3) is 0 Å². The van der Waals surface area contributed by atoms with Crippen LogP contribution in [-0.4, -0.2) is 24.2 Å². The van der Waals surface area contributed by atoms with Gasteiger partial charge in [0.1, 0.15) is 11.9 Å². The van der Waals surface area contributed by atoms with Crippen LogP contribution in [0.3, 0.4) is 0 Å². The molecule has 3 unspecified atom stereocenters. The molecule has 2 N–H and O–H groups in total. The maximum atomic E-state index is 11.1. The summed E-state index contributed by atoms with van der Waals surface area (Å²) >= 11 is 0. The van der Waals surface area contributed by atoms with E-state index in [9.17, 15) is 10.1 Å². The molecule has 2 rings (SSSR count). The van der Waals surface area contributed by atoms with Gasteiger partial charge in [-0.05, 0) is 12.5 Å². The monoisotopic (exact) mass is 280 g/mol. The van der Waals surface area contributed by atoms with E-state index in [-0.39, 0.29) is 29.0 Å². The highest BCUT2D eigenvalue weighted by molar-refractivity contribution is 5.50. The summed E-state index contributed by atoms with van der Waals surface area (Å²) in [5, 5.41) is 11.1. The second-order valence-electron chi connectivity index (χ2n) is 5.40. The summed E-state index contributed by atoms with van der Waals surface area (Å²) in [7, 11) is 1.51. The Labute approximate surface area is 118 Å². The Morgan fingerprint density at radius 2 is 2.25 bits per heavy atom. The third-order valence-corrected chi connectivity index (χ3v) is 4.45. The first-order valence-electron chi connectivity index (χ1n) is 6.67. The zero-order valence-corrected chi connectivity index (χ0v) is 12.0.